The van der Waals surface area contributed by atoms with Gasteiger partial charge in [0.05, 0.1) is 25.6 Å². The number of urea groups is 1. The van der Waals surface area contributed by atoms with Crippen LogP contribution in [-0.4, -0.2) is 59.6 Å². The normalized spacial score (nSPS) is 10.5. The van der Waals surface area contributed by atoms with Gasteiger partial charge in [0, 0.05) is 31.4 Å². The molecule has 2 amide bonds. The molecule has 1 heterocycles. The first-order chi connectivity index (χ1) is 15.1. The lowest BCUT2D eigenvalue weighted by molar-refractivity contribution is 0.201. The van der Waals surface area contributed by atoms with Gasteiger partial charge in [0.1, 0.15) is 18.1 Å². The van der Waals surface area contributed by atoms with E-state index in [0.29, 0.717) is 31.1 Å². The third-order valence-electron chi connectivity index (χ3n) is 4.60. The number of nitrogens with one attached hydrogen (secondary N) is 2. The van der Waals surface area contributed by atoms with Gasteiger partial charge in [-0.25, -0.2) is 4.79 Å². The zero-order valence-corrected chi connectivity index (χ0v) is 17.4. The number of rotatable bonds is 10. The van der Waals surface area contributed by atoms with Crippen LogP contribution < -0.4 is 20.5 Å². The maximum Gasteiger partial charge on any atom is 0.322 e. The minimum Gasteiger partial charge on any atom is -0.497 e. The summed E-state index contributed by atoms with van der Waals surface area (Å²) in [7, 11) is 1.60. The lowest BCUT2D eigenvalue weighted by atomic mass is 10.1. The molecule has 2 aromatic carbocycles. The number of ether oxygens (including phenoxy) is 2. The molecule has 3 aromatic rings. The molecule has 0 saturated carbocycles. The number of nitrogens with two attached hydrogens (primary N) is 1. The second-order valence-electron chi connectivity index (χ2n) is 6.76. The summed E-state index contributed by atoms with van der Waals surface area (Å²) in [6.45, 7) is 1.04. The van der Waals surface area contributed by atoms with Gasteiger partial charge in [0.15, 0.2) is 0 Å². The van der Waals surface area contributed by atoms with Gasteiger partial charge in [-0.15, -0.1) is 0 Å². The van der Waals surface area contributed by atoms with Crippen molar-refractivity contribution in [3.8, 4) is 22.6 Å². The Morgan fingerprint density at radius 2 is 2.13 bits per heavy atom. The number of hydrogen-bond donors (Lipinski definition) is 4. The highest BCUT2D eigenvalue weighted by atomic mass is 16.5. The van der Waals surface area contributed by atoms with Crippen LogP contribution in [0, 0.1) is 0 Å². The van der Waals surface area contributed by atoms with E-state index >= 15 is 0 Å². The van der Waals surface area contributed by atoms with Crippen molar-refractivity contribution in [1.82, 2.24) is 15.1 Å². The summed E-state index contributed by atoms with van der Waals surface area (Å²) in [4.78, 5) is 14.6. The number of aromatic amines is 1. The van der Waals surface area contributed by atoms with Gasteiger partial charge in [0.2, 0.25) is 0 Å². The first-order valence-electron chi connectivity index (χ1n) is 9.90. The lowest BCUT2D eigenvalue weighted by Gasteiger charge is -2.23. The molecule has 1 aromatic heterocycles. The Bertz CT molecular complexity index is 978. The van der Waals surface area contributed by atoms with Crippen molar-refractivity contribution in [2.75, 3.05) is 38.7 Å². The van der Waals surface area contributed by atoms with Crippen LogP contribution in [0.15, 0.2) is 54.9 Å². The smallest absolute Gasteiger partial charge is 0.322 e. The fraction of sp³-hybridized carbons (Fsp3) is 0.273. The van der Waals surface area contributed by atoms with Crippen LogP contribution in [0.5, 0.6) is 11.5 Å². The van der Waals surface area contributed by atoms with Crippen molar-refractivity contribution in [3.63, 3.8) is 0 Å². The number of aliphatic hydroxyl groups is 1. The van der Waals surface area contributed by atoms with E-state index in [2.05, 4.69) is 15.5 Å². The lowest BCUT2D eigenvalue weighted by Crippen LogP contribution is -2.38. The molecule has 9 nitrogen and oxygen atoms in total. The van der Waals surface area contributed by atoms with Crippen LogP contribution in [0.25, 0.3) is 11.1 Å². The number of carbonyl (C=O) groups excluding carboxylic acids is 1. The standard InChI is InChI=1S/C22H27N5O4/c1-30-19-4-2-3-16(11-19)15-27(8-7-23)22(29)26-20-6-5-17(18-13-24-25-14-18)12-21(20)31-10-9-28/h2-6,11-14,28H,7-10,15,23H2,1H3,(H,24,25)(H,26,29). The third kappa shape index (κ3) is 5.97. The molecule has 0 unspecified atom stereocenters. The molecular weight excluding hydrogens is 398 g/mol. The highest BCUT2D eigenvalue weighted by molar-refractivity contribution is 5.91. The zero-order chi connectivity index (χ0) is 22.1. The van der Waals surface area contributed by atoms with Gasteiger partial charge >= 0.3 is 6.03 Å². The minimum absolute atomic E-state index is 0.105. The largest absolute Gasteiger partial charge is 0.497 e. The highest BCUT2D eigenvalue weighted by Gasteiger charge is 2.17. The Hall–Kier alpha value is -3.56. The molecule has 31 heavy (non-hydrogen) atoms. The summed E-state index contributed by atoms with van der Waals surface area (Å²) in [5.41, 5.74) is 8.91. The number of aliphatic hydroxyl groups excluding tert-OH is 1. The Labute approximate surface area is 180 Å². The number of anilines is 1. The quantitative estimate of drug-likeness (QED) is 0.395. The second kappa shape index (κ2) is 11.0. The Morgan fingerprint density at radius 1 is 1.26 bits per heavy atom. The minimum atomic E-state index is -0.307. The van der Waals surface area contributed by atoms with Crippen LogP contribution in [-0.2, 0) is 6.54 Å². The molecule has 3 rings (SSSR count). The molecule has 9 heteroatoms. The Morgan fingerprint density at radius 3 is 2.84 bits per heavy atom. The van der Waals surface area contributed by atoms with Crippen LogP contribution in [0.2, 0.25) is 0 Å². The van der Waals surface area contributed by atoms with E-state index in [1.807, 2.05) is 30.3 Å². The van der Waals surface area contributed by atoms with E-state index in [-0.39, 0.29) is 19.2 Å². The highest BCUT2D eigenvalue weighted by Crippen LogP contribution is 2.31. The number of hydrogen-bond acceptors (Lipinski definition) is 6. The summed E-state index contributed by atoms with van der Waals surface area (Å²) in [5.74, 6) is 1.18. The molecule has 0 atom stereocenters. The first kappa shape index (κ1) is 22.1. The molecule has 0 aliphatic carbocycles. The van der Waals surface area contributed by atoms with Gasteiger partial charge in [-0.05, 0) is 35.4 Å². The Balaban J connectivity index is 1.79. The molecule has 164 valence electrons. The van der Waals surface area contributed by atoms with E-state index in [4.69, 9.17) is 20.3 Å². The molecule has 0 spiro atoms. The van der Waals surface area contributed by atoms with Gasteiger partial charge in [-0.2, -0.15) is 5.10 Å². The van der Waals surface area contributed by atoms with E-state index in [9.17, 15) is 4.79 Å². The summed E-state index contributed by atoms with van der Waals surface area (Å²) in [5, 5.41) is 18.8. The topological polar surface area (TPSA) is 126 Å². The molecule has 0 aliphatic heterocycles. The third-order valence-corrected chi connectivity index (χ3v) is 4.60. The van der Waals surface area contributed by atoms with Crippen molar-refractivity contribution in [2.45, 2.75) is 6.54 Å². The Kier molecular flexibility index (Phi) is 7.85. The van der Waals surface area contributed by atoms with Crippen LogP contribution in [0.4, 0.5) is 10.5 Å². The summed E-state index contributed by atoms with van der Waals surface area (Å²) >= 11 is 0. The fourth-order valence-electron chi connectivity index (χ4n) is 3.08. The predicted molar refractivity (Wildman–Crippen MR) is 118 cm³/mol. The van der Waals surface area contributed by atoms with Crippen molar-refractivity contribution in [3.05, 3.63) is 60.4 Å². The van der Waals surface area contributed by atoms with Crippen molar-refractivity contribution in [1.29, 1.82) is 0 Å². The first-order valence-corrected chi connectivity index (χ1v) is 9.90. The number of benzene rings is 2. The molecule has 0 aliphatic rings. The number of amides is 2. The summed E-state index contributed by atoms with van der Waals surface area (Å²) in [6, 6.07) is 12.6. The monoisotopic (exact) mass is 425 g/mol. The number of carbonyl (C=O) groups is 1. The molecule has 0 saturated heterocycles. The molecule has 0 radical (unpaired) electrons. The molecule has 0 bridgehead atoms. The van der Waals surface area contributed by atoms with Gasteiger partial charge < -0.3 is 30.5 Å². The van der Waals surface area contributed by atoms with Gasteiger partial charge in [0.25, 0.3) is 0 Å². The number of H-pyrrole nitrogens is 1. The fourth-order valence-corrected chi connectivity index (χ4v) is 3.08. The average Bonchev–Trinajstić information content (AvgIpc) is 3.33. The van der Waals surface area contributed by atoms with Crippen LogP contribution >= 0.6 is 0 Å². The van der Waals surface area contributed by atoms with E-state index in [1.54, 1.807) is 36.5 Å². The molecule has 5 N–H and O–H groups in total. The summed E-state index contributed by atoms with van der Waals surface area (Å²) < 4.78 is 10.9. The van der Waals surface area contributed by atoms with Crippen LogP contribution in [0.3, 0.4) is 0 Å². The van der Waals surface area contributed by atoms with E-state index in [0.717, 1.165) is 22.4 Å². The second-order valence-corrected chi connectivity index (χ2v) is 6.76. The van der Waals surface area contributed by atoms with Gasteiger partial charge in [-0.3, -0.25) is 5.10 Å². The number of aromatic nitrogens is 2. The van der Waals surface area contributed by atoms with Crippen LogP contribution in [0.1, 0.15) is 5.56 Å². The number of methoxy groups -OCH3 is 1. The van der Waals surface area contributed by atoms with E-state index in [1.165, 1.54) is 0 Å². The van der Waals surface area contributed by atoms with Crippen molar-refractivity contribution >= 4 is 11.7 Å². The van der Waals surface area contributed by atoms with Crippen molar-refractivity contribution in [2.24, 2.45) is 5.73 Å². The van der Waals surface area contributed by atoms with Crippen molar-refractivity contribution < 1.29 is 19.4 Å². The maximum absolute atomic E-state index is 13.0. The number of nitrogens with zero attached hydrogens (tertiary/aromatic N) is 2. The zero-order valence-electron chi connectivity index (χ0n) is 17.4. The maximum atomic E-state index is 13.0. The predicted octanol–water partition coefficient (Wildman–Crippen LogP) is 2.45. The summed E-state index contributed by atoms with van der Waals surface area (Å²) in [6.07, 6.45) is 3.46. The van der Waals surface area contributed by atoms with E-state index < -0.39 is 0 Å². The molecular formula is C22H27N5O4. The SMILES string of the molecule is COc1cccc(CN(CCN)C(=O)Nc2ccc(-c3cn[nH]c3)cc2OCCO)c1. The van der Waals surface area contributed by atoms with Gasteiger partial charge in [-0.1, -0.05) is 18.2 Å². The molecule has 0 fully saturated rings. The average molecular weight is 425 g/mol.